The quantitative estimate of drug-likeness (QED) is 0.0161. The number of H-pyrrole nitrogens is 3. The predicted molar refractivity (Wildman–Crippen MR) is 448 cm³/mol. The third-order valence-electron chi connectivity index (χ3n) is 22.3. The first-order valence-electron chi connectivity index (χ1n) is 40.2. The Kier molecular flexibility index (Phi) is 28.8. The van der Waals surface area contributed by atoms with Crippen LogP contribution in [0.2, 0.25) is 0 Å². The van der Waals surface area contributed by atoms with Crippen LogP contribution in [0.5, 0.6) is 0 Å². The van der Waals surface area contributed by atoms with Gasteiger partial charge in [0.25, 0.3) is 22.6 Å². The maximum absolute atomic E-state index is 14.9. The molecule has 6 fully saturated rings. The number of aryl methyl sites for hydroxylation is 2. The Hall–Kier alpha value is -10.1. The molecule has 16 rings (SSSR count). The van der Waals surface area contributed by atoms with Crippen molar-refractivity contribution in [3.63, 3.8) is 0 Å². The molecular weight excluding hydrogens is 1950 g/mol. The summed E-state index contributed by atoms with van der Waals surface area (Å²) in [5.74, 6) is -1.62. The number of fused-ring (bicyclic) bond motifs is 3. The summed E-state index contributed by atoms with van der Waals surface area (Å²) in [6, 6.07) is 4.96. The lowest BCUT2D eigenvalue weighted by molar-refractivity contribution is -0.0675. The molecule has 0 radical (unpaired) electrons. The van der Waals surface area contributed by atoms with E-state index in [1.807, 2.05) is 4.98 Å². The van der Waals surface area contributed by atoms with Gasteiger partial charge in [-0.1, -0.05) is 0 Å². The fraction of sp³-hybridized carbons (Fsp3) is 0.552. The van der Waals surface area contributed by atoms with Gasteiger partial charge in [-0.15, -0.1) is 0 Å². The van der Waals surface area contributed by atoms with Crippen molar-refractivity contribution >= 4 is 102 Å². The molecule has 10 aromatic rings. The van der Waals surface area contributed by atoms with E-state index < -0.39 is 272 Å². The van der Waals surface area contributed by atoms with Crippen molar-refractivity contribution in [3.8, 4) is 5.95 Å². The minimum Gasteiger partial charge on any atom is -0.394 e. The van der Waals surface area contributed by atoms with Gasteiger partial charge in [0.05, 0.1) is 64.3 Å². The van der Waals surface area contributed by atoms with Crippen LogP contribution < -0.4 is 62.4 Å². The zero-order valence-corrected chi connectivity index (χ0v) is 76.2. The molecule has 0 bridgehead atoms. The summed E-state index contributed by atoms with van der Waals surface area (Å²) in [6.07, 6.45) is -37.2. The summed E-state index contributed by atoms with van der Waals surface area (Å²) < 4.78 is 201. The molecule has 29 atom stereocenters. The van der Waals surface area contributed by atoms with Crippen LogP contribution in [0.3, 0.4) is 0 Å². The molecule has 0 amide bonds. The molecule has 6 aliphatic rings. The lowest BCUT2D eigenvalue weighted by Crippen LogP contribution is -2.40. The number of aromatic nitrogens is 20. The zero-order chi connectivity index (χ0) is 98.3. The number of aliphatic hydroxyl groups excluding tert-OH is 3. The molecule has 0 saturated carbocycles. The number of phosphoric acid groups is 5. The van der Waals surface area contributed by atoms with Gasteiger partial charge >= 0.3 is 56.2 Å². The van der Waals surface area contributed by atoms with E-state index in [0.29, 0.717) is 11.4 Å². The van der Waals surface area contributed by atoms with Crippen LogP contribution in [0.25, 0.3) is 39.4 Å². The summed E-state index contributed by atoms with van der Waals surface area (Å²) in [5, 5.41) is 37.6. The number of imidazole rings is 3. The molecule has 6 aliphatic heterocycles. The Labute approximate surface area is 762 Å². The van der Waals surface area contributed by atoms with Crippen molar-refractivity contribution in [2.75, 3.05) is 104 Å². The normalized spacial score (nSPS) is 30.8. The van der Waals surface area contributed by atoms with E-state index in [1.165, 1.54) is 15.6 Å². The van der Waals surface area contributed by atoms with E-state index in [0.717, 1.165) is 108 Å². The lowest BCUT2D eigenvalue weighted by Gasteiger charge is -2.28. The van der Waals surface area contributed by atoms with Gasteiger partial charge in [-0.3, -0.25) is 102 Å². The predicted octanol–water partition coefficient (Wildman–Crippen LogP) is -5.45. The highest BCUT2D eigenvalue weighted by atomic mass is 31.2. The number of rotatable bonds is 38. The van der Waals surface area contributed by atoms with Crippen LogP contribution in [0.4, 0.5) is 29.4 Å². The number of hydrogen-bond acceptors (Lipinski definition) is 50. The average Bonchev–Trinajstić information content (AvgIpc) is 1.60. The average molecular weight is 2040 g/mol. The summed E-state index contributed by atoms with van der Waals surface area (Å²) in [7, 11) is -23.7. The highest BCUT2D eigenvalue weighted by molar-refractivity contribution is 7.48. The first-order chi connectivity index (χ1) is 64.9. The van der Waals surface area contributed by atoms with Crippen molar-refractivity contribution in [2.45, 2.75) is 161 Å². The Morgan fingerprint density at radius 3 is 1.10 bits per heavy atom. The molecule has 10 aromatic heterocycles. The standard InChI is InChI=1S/C67H88N25O40P5/c1-24-14-25(2)92(85-24)64-79-50(70)35-51(82-64)89(21-73-35)56-39(96)38(95)27(123-56)16-117-133(102,103)129-41-28(124-58(46(41)113-4)86-11-8-32(68)76-65(86)99)17-119-136(108,109)132-44-31(127-61(49(44)116-7)91-23-75-37-53(91)81-63(72)84-55(37)98)20-121-135(106,107)130-42-29(125-59(47(42)114-5)87-12-9-33(69)77-66(87)100)18-120-137(110,111)131-43-30(126-60(48(43)115-6)90-22-74-36-52(90)80-62(71)83-54(36)97)19-118-134(104,105)128-40-26(15-93)122-57(45(40)112-3)88-13-10-34(94)78-67(88)101/h8-14,21-23,26-31,38-49,56-61,93,95-96H,15-20H2,1-7H3,(H,102,103)(H,104,105)(H,106,107)(H,108,109)(H,110,111)(H2,68,76,99)(H2,69,77,100)(H2,70,79,82)(H,78,94,101)(H3,71,80,83,97)(H3,72,81,84,98)/t26-,27-,28-,29-,30-,31-,38-,39-,40-,41-,42-,43-,44-,45-,46-,47-,48-,49-,56-,57-,58-,59-,60-,61-/m1/s1. The van der Waals surface area contributed by atoms with Gasteiger partial charge in [0, 0.05) is 65.9 Å². The lowest BCUT2D eigenvalue weighted by atomic mass is 10.1. The number of anilines is 5. The third-order valence-corrected chi connectivity index (χ3v) is 27.3. The zero-order valence-electron chi connectivity index (χ0n) is 71.7. The van der Waals surface area contributed by atoms with Gasteiger partial charge in [0.2, 0.25) is 11.9 Å². The van der Waals surface area contributed by atoms with Gasteiger partial charge in [-0.2, -0.15) is 35.0 Å². The monoisotopic (exact) mass is 2040 g/mol. The number of aromatic amines is 3. The van der Waals surface area contributed by atoms with Gasteiger partial charge < -0.3 is 121 Å². The number of aliphatic hydroxyl groups is 3. The van der Waals surface area contributed by atoms with Gasteiger partial charge in [-0.25, -0.2) is 56.8 Å². The SMILES string of the molecule is CO[C@@H]1[C@H](OP(=O)(O)OC[C@H]2O[C@@H](n3cnc4c(N)nc(-n5nc(C)cc5C)nc43)[C@H](O)[C@@H]2O)[C@@H](COP(=O)(O)O[C@H]2[C@@H](OC)[C@H](n3cnc4c(=O)[nH]c(N)nc43)O[C@@H]2COP(=O)(O)O[C@H]2[C@@H](OC)[C@H](n3ccc(N)nc3=O)O[C@@H]2COP(=O)(O)O[C@H]2[C@@H](OC)[C@H](n3cnc4c(=O)[nH]c(N)nc43)O[C@@H]2COP(=O)(O)O[C@H]2[C@@H](OC)[C@H](n3ccc(=O)[nH]c3=O)O[C@@H]2CO)O[C@H]1n1ccc(N)nc1=O. The van der Waals surface area contributed by atoms with Crippen LogP contribution in [-0.2, 0) is 120 Å². The molecule has 65 nitrogen and oxygen atoms in total. The van der Waals surface area contributed by atoms with Crippen molar-refractivity contribution in [3.05, 3.63) is 136 Å². The third kappa shape index (κ3) is 20.5. The van der Waals surface area contributed by atoms with E-state index in [4.69, 9.17) is 126 Å². The number of ether oxygens (including phenoxy) is 11. The maximum Gasteiger partial charge on any atom is 0.472 e. The van der Waals surface area contributed by atoms with Gasteiger partial charge in [-0.05, 0) is 32.0 Å². The summed E-state index contributed by atoms with van der Waals surface area (Å²) in [5.41, 5.74) is 23.9. The largest absolute Gasteiger partial charge is 0.472 e. The minimum atomic E-state index is -5.94. The second-order valence-corrected chi connectivity index (χ2v) is 38.0. The van der Waals surface area contributed by atoms with Crippen LogP contribution in [0.1, 0.15) is 48.8 Å². The highest BCUT2D eigenvalue weighted by Gasteiger charge is 2.59. The number of nitrogens with one attached hydrogen (secondary N) is 3. The molecule has 137 heavy (non-hydrogen) atoms. The van der Waals surface area contributed by atoms with E-state index >= 15 is 0 Å². The Balaban J connectivity index is 0.643. The number of phosphoric ester groups is 5. The molecule has 5 unspecified atom stereocenters. The second kappa shape index (κ2) is 39.5. The van der Waals surface area contributed by atoms with Crippen molar-refractivity contribution in [2.24, 2.45) is 0 Å². The Morgan fingerprint density at radius 2 is 0.737 bits per heavy atom. The fourth-order valence-corrected chi connectivity index (χ4v) is 21.1. The van der Waals surface area contributed by atoms with E-state index in [-0.39, 0.29) is 56.9 Å². The molecule has 746 valence electrons. The van der Waals surface area contributed by atoms with Crippen molar-refractivity contribution in [1.29, 1.82) is 0 Å². The van der Waals surface area contributed by atoms with Gasteiger partial charge in [0.15, 0.2) is 71.2 Å². The first kappa shape index (κ1) is 99.9. The smallest absolute Gasteiger partial charge is 0.394 e. The van der Waals surface area contributed by atoms with Crippen molar-refractivity contribution in [1.82, 2.24) is 97.0 Å². The maximum atomic E-state index is 14.9. The van der Waals surface area contributed by atoms with Crippen LogP contribution >= 0.6 is 39.1 Å². The van der Waals surface area contributed by atoms with Crippen LogP contribution in [-0.4, -0.2) is 322 Å². The summed E-state index contributed by atoms with van der Waals surface area (Å²) in [4.78, 5) is 181. The number of nitrogen functional groups attached to an aromatic ring is 5. The topological polar surface area (TPSA) is 884 Å². The molecule has 0 spiro atoms. The molecule has 6 saturated heterocycles. The molecule has 0 aromatic carbocycles. The molecule has 16 heterocycles. The van der Waals surface area contributed by atoms with E-state index in [9.17, 15) is 91.4 Å². The summed E-state index contributed by atoms with van der Waals surface area (Å²) in [6.45, 7) is -3.59. The van der Waals surface area contributed by atoms with E-state index in [2.05, 4.69) is 59.9 Å². The summed E-state index contributed by atoms with van der Waals surface area (Å²) >= 11 is 0. The second-order valence-electron chi connectivity index (χ2n) is 31.0. The number of nitrogens with zero attached hydrogens (tertiary/aromatic N) is 17. The van der Waals surface area contributed by atoms with Crippen molar-refractivity contribution < 1.29 is 160 Å². The highest BCUT2D eigenvalue weighted by Crippen LogP contribution is 2.58. The number of nitrogens with two attached hydrogens (primary N) is 5. The number of methoxy groups -OCH3 is 5. The Bertz CT molecular complexity index is 6800. The first-order valence-corrected chi connectivity index (χ1v) is 47.7. The van der Waals surface area contributed by atoms with Crippen LogP contribution in [0, 0.1) is 13.8 Å². The fourth-order valence-electron chi connectivity index (χ4n) is 16.3. The van der Waals surface area contributed by atoms with E-state index in [1.54, 1.807) is 19.9 Å². The van der Waals surface area contributed by atoms with Gasteiger partial charge in [0.1, 0.15) is 127 Å². The van der Waals surface area contributed by atoms with Crippen LogP contribution in [0.15, 0.2) is 90.6 Å². The molecule has 0 aliphatic carbocycles. The molecule has 70 heteroatoms. The Morgan fingerprint density at radius 1 is 0.401 bits per heavy atom. The molecular formula is C67H88N25O40P5. The molecule has 21 N–H and O–H groups in total. The number of hydrogen-bond donors (Lipinski definition) is 16. The minimum absolute atomic E-state index is 0.000127.